The summed E-state index contributed by atoms with van der Waals surface area (Å²) in [6.07, 6.45) is 1.17. The highest BCUT2D eigenvalue weighted by Gasteiger charge is 2.21. The van der Waals surface area contributed by atoms with E-state index >= 15 is 0 Å². The fourth-order valence-electron chi connectivity index (χ4n) is 1.76. The average molecular weight is 304 g/mol. The number of aromatic nitrogens is 1. The highest BCUT2D eigenvalue weighted by atomic mass is 16.6. The molecule has 0 aliphatic heterocycles. The van der Waals surface area contributed by atoms with Gasteiger partial charge in [-0.15, -0.1) is 0 Å². The summed E-state index contributed by atoms with van der Waals surface area (Å²) in [6.45, 7) is 9.94. The first-order valence-electron chi connectivity index (χ1n) is 7.31. The number of nitrogens with one attached hydrogen (secondary N) is 2. The van der Waals surface area contributed by atoms with Crippen molar-refractivity contribution in [2.24, 2.45) is 5.92 Å². The third-order valence-electron chi connectivity index (χ3n) is 2.92. The fraction of sp³-hybridized carbons (Fsp3) is 0.562. The molecule has 0 aliphatic carbocycles. The molecule has 0 aliphatic rings. The number of carbonyl (C=O) groups excluding carboxylic acids is 1. The molecule has 120 valence electrons. The lowest BCUT2D eigenvalue weighted by molar-refractivity contribution is 0.0494. The van der Waals surface area contributed by atoms with Gasteiger partial charge in [-0.2, -0.15) is 5.26 Å². The topological polar surface area (TPSA) is 87.0 Å². The maximum atomic E-state index is 11.9. The molecule has 0 saturated heterocycles. The van der Waals surface area contributed by atoms with Crippen molar-refractivity contribution in [1.29, 1.82) is 5.26 Å². The van der Waals surface area contributed by atoms with Crippen molar-refractivity contribution in [3.05, 3.63) is 23.9 Å². The van der Waals surface area contributed by atoms with Gasteiger partial charge in [-0.1, -0.05) is 13.8 Å². The summed E-state index contributed by atoms with van der Waals surface area (Å²) in [4.78, 5) is 16.0. The second-order valence-electron chi connectivity index (χ2n) is 6.39. The van der Waals surface area contributed by atoms with Crippen LogP contribution in [0.25, 0.3) is 0 Å². The monoisotopic (exact) mass is 304 g/mol. The highest BCUT2D eigenvalue weighted by Crippen LogP contribution is 2.12. The second kappa shape index (κ2) is 7.64. The van der Waals surface area contributed by atoms with Gasteiger partial charge in [0.05, 0.1) is 11.6 Å². The Morgan fingerprint density at radius 2 is 2.14 bits per heavy atom. The molecule has 0 radical (unpaired) electrons. The van der Waals surface area contributed by atoms with Crippen LogP contribution in [0.2, 0.25) is 0 Å². The second-order valence-corrected chi connectivity index (χ2v) is 6.39. The number of rotatable bonds is 5. The van der Waals surface area contributed by atoms with E-state index in [1.165, 1.54) is 0 Å². The molecular weight excluding hydrogens is 280 g/mol. The number of nitrogens with zero attached hydrogens (tertiary/aromatic N) is 2. The van der Waals surface area contributed by atoms with Crippen LogP contribution in [0, 0.1) is 17.2 Å². The Morgan fingerprint density at radius 1 is 1.45 bits per heavy atom. The van der Waals surface area contributed by atoms with E-state index < -0.39 is 11.7 Å². The number of pyridine rings is 1. The number of hydrogen-bond donors (Lipinski definition) is 2. The van der Waals surface area contributed by atoms with Gasteiger partial charge in [-0.3, -0.25) is 0 Å². The lowest BCUT2D eigenvalue weighted by Crippen LogP contribution is -2.45. The van der Waals surface area contributed by atoms with Crippen LogP contribution in [0.5, 0.6) is 0 Å². The van der Waals surface area contributed by atoms with Gasteiger partial charge in [-0.05, 0) is 38.8 Å². The fourth-order valence-corrected chi connectivity index (χ4v) is 1.76. The molecule has 6 nitrogen and oxygen atoms in total. The molecule has 0 fully saturated rings. The number of amides is 1. The molecule has 0 spiro atoms. The van der Waals surface area contributed by atoms with E-state index in [1.54, 1.807) is 18.3 Å². The lowest BCUT2D eigenvalue weighted by atomic mass is 10.0. The van der Waals surface area contributed by atoms with E-state index in [-0.39, 0.29) is 12.0 Å². The van der Waals surface area contributed by atoms with Crippen molar-refractivity contribution in [2.75, 3.05) is 11.9 Å². The normalized spacial score (nSPS) is 12.4. The summed E-state index contributed by atoms with van der Waals surface area (Å²) in [5, 5.41) is 15.0. The zero-order chi connectivity index (χ0) is 16.8. The van der Waals surface area contributed by atoms with Gasteiger partial charge in [-0.25, -0.2) is 9.78 Å². The lowest BCUT2D eigenvalue weighted by Gasteiger charge is -2.26. The van der Waals surface area contributed by atoms with E-state index in [2.05, 4.69) is 21.7 Å². The molecule has 0 saturated carbocycles. The van der Waals surface area contributed by atoms with Crippen LogP contribution in [-0.4, -0.2) is 29.3 Å². The van der Waals surface area contributed by atoms with Crippen molar-refractivity contribution in [1.82, 2.24) is 10.3 Å². The minimum atomic E-state index is -0.534. The van der Waals surface area contributed by atoms with Crippen LogP contribution in [0.1, 0.15) is 40.2 Å². The number of alkyl carbamates (subject to hydrolysis) is 1. The van der Waals surface area contributed by atoms with Crippen LogP contribution in [0.15, 0.2) is 18.3 Å². The smallest absolute Gasteiger partial charge is 0.407 e. The standard InChI is InChI=1S/C16H24N4O2/c1-11(2)13(20-15(21)22-16(3,4)5)10-19-14-12(9-17)7-6-8-18-14/h6-8,11,13H,10H2,1-5H3,(H,18,19)(H,20,21). The van der Waals surface area contributed by atoms with Gasteiger partial charge >= 0.3 is 6.09 Å². The number of ether oxygens (including phenoxy) is 1. The van der Waals surface area contributed by atoms with Crippen LogP contribution >= 0.6 is 0 Å². The first-order valence-corrected chi connectivity index (χ1v) is 7.31. The van der Waals surface area contributed by atoms with Crippen LogP contribution in [-0.2, 0) is 4.74 Å². The zero-order valence-corrected chi connectivity index (χ0v) is 13.8. The van der Waals surface area contributed by atoms with Crippen molar-refractivity contribution >= 4 is 11.9 Å². The Morgan fingerprint density at radius 3 is 2.68 bits per heavy atom. The maximum absolute atomic E-state index is 11.9. The first kappa shape index (κ1) is 17.8. The molecule has 1 amide bonds. The van der Waals surface area contributed by atoms with Gasteiger partial charge in [0.2, 0.25) is 0 Å². The molecule has 1 aromatic heterocycles. The summed E-state index contributed by atoms with van der Waals surface area (Å²) in [7, 11) is 0. The Balaban J connectivity index is 2.66. The molecule has 22 heavy (non-hydrogen) atoms. The van der Waals surface area contributed by atoms with Crippen LogP contribution < -0.4 is 10.6 Å². The van der Waals surface area contributed by atoms with E-state index in [4.69, 9.17) is 10.00 Å². The molecule has 1 rings (SSSR count). The van der Waals surface area contributed by atoms with Crippen molar-refractivity contribution in [3.63, 3.8) is 0 Å². The third-order valence-corrected chi connectivity index (χ3v) is 2.92. The quantitative estimate of drug-likeness (QED) is 0.873. The van der Waals surface area contributed by atoms with Gasteiger partial charge < -0.3 is 15.4 Å². The van der Waals surface area contributed by atoms with E-state index in [0.29, 0.717) is 17.9 Å². The van der Waals surface area contributed by atoms with Crippen molar-refractivity contribution < 1.29 is 9.53 Å². The predicted octanol–water partition coefficient (Wildman–Crippen LogP) is 2.91. The minimum absolute atomic E-state index is 0.136. The zero-order valence-electron chi connectivity index (χ0n) is 13.8. The molecule has 6 heteroatoms. The number of nitriles is 1. The van der Waals surface area contributed by atoms with Gasteiger partial charge in [0.25, 0.3) is 0 Å². The molecule has 1 heterocycles. The molecule has 0 aromatic carbocycles. The molecule has 1 atom stereocenters. The summed E-state index contributed by atoms with van der Waals surface area (Å²) in [6, 6.07) is 5.35. The first-order chi connectivity index (χ1) is 10.2. The maximum Gasteiger partial charge on any atom is 0.407 e. The van der Waals surface area contributed by atoms with E-state index in [1.807, 2.05) is 34.6 Å². The van der Waals surface area contributed by atoms with E-state index in [9.17, 15) is 4.79 Å². The van der Waals surface area contributed by atoms with Crippen LogP contribution in [0.4, 0.5) is 10.6 Å². The molecule has 2 N–H and O–H groups in total. The summed E-state index contributed by atoms with van der Waals surface area (Å²) >= 11 is 0. The Labute approximate surface area is 131 Å². The predicted molar refractivity (Wildman–Crippen MR) is 85.4 cm³/mol. The third kappa shape index (κ3) is 6.00. The minimum Gasteiger partial charge on any atom is -0.444 e. The summed E-state index contributed by atoms with van der Waals surface area (Å²) in [5.41, 5.74) is -0.0594. The highest BCUT2D eigenvalue weighted by molar-refractivity contribution is 5.68. The molecule has 1 unspecified atom stereocenters. The van der Waals surface area contributed by atoms with Crippen LogP contribution in [0.3, 0.4) is 0 Å². The van der Waals surface area contributed by atoms with Crippen molar-refractivity contribution in [3.8, 4) is 6.07 Å². The summed E-state index contributed by atoms with van der Waals surface area (Å²) < 4.78 is 5.27. The molecule has 1 aromatic rings. The van der Waals surface area contributed by atoms with Gasteiger partial charge in [0, 0.05) is 12.7 Å². The van der Waals surface area contributed by atoms with E-state index in [0.717, 1.165) is 0 Å². The molecule has 0 bridgehead atoms. The molecular formula is C16H24N4O2. The Hall–Kier alpha value is -2.29. The Bertz CT molecular complexity index is 544. The van der Waals surface area contributed by atoms with Gasteiger partial charge in [0.15, 0.2) is 0 Å². The largest absolute Gasteiger partial charge is 0.444 e. The number of hydrogen-bond acceptors (Lipinski definition) is 5. The van der Waals surface area contributed by atoms with Gasteiger partial charge in [0.1, 0.15) is 17.5 Å². The summed E-state index contributed by atoms with van der Waals surface area (Å²) in [5.74, 6) is 0.718. The SMILES string of the molecule is CC(C)C(CNc1ncccc1C#N)NC(=O)OC(C)(C)C. The number of carbonyl (C=O) groups is 1. The Kier molecular flexibility index (Phi) is 6.17. The number of anilines is 1. The average Bonchev–Trinajstić information content (AvgIpc) is 2.41. The van der Waals surface area contributed by atoms with Crippen molar-refractivity contribution in [2.45, 2.75) is 46.3 Å².